The lowest BCUT2D eigenvalue weighted by molar-refractivity contribution is 0.669. The summed E-state index contributed by atoms with van der Waals surface area (Å²) in [6.45, 7) is 0. The summed E-state index contributed by atoms with van der Waals surface area (Å²) in [6.07, 6.45) is 6.73. The number of nitrogens with zero attached hydrogens (tertiary/aromatic N) is 4. The zero-order chi connectivity index (χ0) is 37.5. The van der Waals surface area contributed by atoms with Crippen LogP contribution in [0.1, 0.15) is 16.9 Å². The smallest absolute Gasteiger partial charge is 0.164 e. The first-order chi connectivity index (χ1) is 28.2. The Morgan fingerprint density at radius 1 is 0.526 bits per heavy atom. The fourth-order valence-electron chi connectivity index (χ4n) is 8.70. The van der Waals surface area contributed by atoms with Crippen LogP contribution in [-0.2, 0) is 6.42 Å². The minimum Gasteiger partial charge on any atom is -0.456 e. The highest BCUT2D eigenvalue weighted by Gasteiger charge is 2.23. The minimum atomic E-state index is 0.598. The van der Waals surface area contributed by atoms with E-state index in [1.54, 1.807) is 0 Å². The number of rotatable bonds is 5. The second-order valence-electron chi connectivity index (χ2n) is 14.6. The Labute approximate surface area is 331 Å². The van der Waals surface area contributed by atoms with Gasteiger partial charge in [-0.25, -0.2) is 15.0 Å². The molecule has 0 atom stereocenters. The van der Waals surface area contributed by atoms with Crippen LogP contribution in [0.5, 0.6) is 0 Å². The first-order valence-corrected chi connectivity index (χ1v) is 20.1. The van der Waals surface area contributed by atoms with Gasteiger partial charge in [0.2, 0.25) is 0 Å². The van der Waals surface area contributed by atoms with E-state index in [1.807, 2.05) is 29.5 Å². The monoisotopic (exact) mass is 748 g/mol. The summed E-state index contributed by atoms with van der Waals surface area (Å²) in [4.78, 5) is 17.3. The molecule has 57 heavy (non-hydrogen) atoms. The molecule has 12 rings (SSSR count). The Morgan fingerprint density at radius 3 is 2.11 bits per heavy atom. The topological polar surface area (TPSA) is 56.7 Å². The van der Waals surface area contributed by atoms with Crippen LogP contribution in [0.25, 0.3) is 111 Å². The molecule has 5 nitrogen and oxygen atoms in total. The molecule has 7 aromatic carbocycles. The molecule has 0 saturated carbocycles. The maximum absolute atomic E-state index is 6.70. The predicted octanol–water partition coefficient (Wildman–Crippen LogP) is 13.7. The van der Waals surface area contributed by atoms with Crippen LogP contribution in [-0.4, -0.2) is 19.5 Å². The summed E-state index contributed by atoms with van der Waals surface area (Å²) in [7, 11) is 0. The van der Waals surface area contributed by atoms with Crippen LogP contribution in [0, 0.1) is 0 Å². The Balaban J connectivity index is 1.14. The normalized spacial score (nSPS) is 12.7. The number of para-hydroxylation sites is 2. The van der Waals surface area contributed by atoms with Crippen molar-refractivity contribution >= 4 is 71.2 Å². The van der Waals surface area contributed by atoms with Crippen molar-refractivity contribution in [3.8, 4) is 51.0 Å². The van der Waals surface area contributed by atoms with Crippen LogP contribution < -0.4 is 0 Å². The van der Waals surface area contributed by atoms with Gasteiger partial charge in [0.15, 0.2) is 17.5 Å². The Morgan fingerprint density at radius 2 is 1.23 bits per heavy atom. The van der Waals surface area contributed by atoms with Crippen LogP contribution in [0.2, 0.25) is 0 Å². The fraction of sp³-hybridized carbons (Fsp3) is 0.0392. The summed E-state index contributed by atoms with van der Waals surface area (Å²) in [5, 5.41) is 5.65. The average molecular weight is 749 g/mol. The van der Waals surface area contributed by atoms with E-state index in [0.717, 1.165) is 84.7 Å². The van der Waals surface area contributed by atoms with Gasteiger partial charge in [0.25, 0.3) is 0 Å². The number of fused-ring (bicyclic) bond motifs is 10. The summed E-state index contributed by atoms with van der Waals surface area (Å²) >= 11 is 1.88. The number of aromatic nitrogens is 4. The molecule has 4 aromatic heterocycles. The summed E-state index contributed by atoms with van der Waals surface area (Å²) in [5.74, 6) is 1.85. The fourth-order valence-corrected chi connectivity index (χ4v) is 9.95. The van der Waals surface area contributed by atoms with Gasteiger partial charge in [0, 0.05) is 48.1 Å². The van der Waals surface area contributed by atoms with Crippen LogP contribution in [0.4, 0.5) is 0 Å². The highest BCUT2D eigenvalue weighted by atomic mass is 32.1. The van der Waals surface area contributed by atoms with Crippen molar-refractivity contribution in [2.75, 3.05) is 0 Å². The van der Waals surface area contributed by atoms with Crippen molar-refractivity contribution in [2.24, 2.45) is 0 Å². The van der Waals surface area contributed by atoms with E-state index in [4.69, 9.17) is 19.4 Å². The van der Waals surface area contributed by atoms with Crippen LogP contribution >= 0.6 is 11.3 Å². The zero-order valence-corrected chi connectivity index (χ0v) is 31.5. The van der Waals surface area contributed by atoms with E-state index in [1.165, 1.54) is 25.9 Å². The number of hydrogen-bond donors (Lipinski definition) is 0. The highest BCUT2D eigenvalue weighted by Crippen LogP contribution is 2.44. The van der Waals surface area contributed by atoms with E-state index in [9.17, 15) is 0 Å². The van der Waals surface area contributed by atoms with Crippen molar-refractivity contribution in [1.29, 1.82) is 0 Å². The molecular weight excluding hydrogens is 717 g/mol. The molecule has 6 heteroatoms. The number of benzene rings is 7. The lowest BCUT2D eigenvalue weighted by Gasteiger charge is -2.11. The highest BCUT2D eigenvalue weighted by molar-refractivity contribution is 7.19. The number of hydrogen-bond acceptors (Lipinski definition) is 5. The predicted molar refractivity (Wildman–Crippen MR) is 236 cm³/mol. The molecule has 4 heterocycles. The third kappa shape index (κ3) is 5.11. The lowest BCUT2D eigenvalue weighted by Crippen LogP contribution is -2.00. The standard InChI is InChI=1S/C51H32N4OS/c1-3-13-31(14-4-1)32-15-11-16-33(29-32)49-52-50(34-25-26-38-37-20-8-10-24-44(37)57-45(38)30-34)54-51(53-49)40-21-12-23-42-46(40)47-43(56-42)28-27-39-36-19-7-9-22-41(36)55(48(39)47)35-17-5-2-6-18-35/h1-9,11-23,25-30H,10,24H2. The SMILES string of the molecule is C1=Cc2c(sc3cc(-c4nc(-c5cccc(-c6ccccc6)c5)nc(-c5cccc6oc7ccc8c9ccccc9n(-c9ccccc9)c8c7c56)n4)ccc23)CC1. The lowest BCUT2D eigenvalue weighted by atomic mass is 10.0. The minimum absolute atomic E-state index is 0.598. The van der Waals surface area contributed by atoms with Gasteiger partial charge >= 0.3 is 0 Å². The van der Waals surface area contributed by atoms with Crippen molar-refractivity contribution < 1.29 is 4.42 Å². The summed E-state index contributed by atoms with van der Waals surface area (Å²) in [5.41, 5.74) is 11.3. The van der Waals surface area contributed by atoms with Gasteiger partial charge in [-0.15, -0.1) is 11.3 Å². The van der Waals surface area contributed by atoms with Gasteiger partial charge in [0.1, 0.15) is 11.2 Å². The van der Waals surface area contributed by atoms with E-state index in [0.29, 0.717) is 17.5 Å². The molecule has 1 aliphatic carbocycles. The molecule has 1 aliphatic rings. The Hall–Kier alpha value is -7.15. The van der Waals surface area contributed by atoms with Crippen molar-refractivity contribution in [2.45, 2.75) is 12.8 Å². The second-order valence-corrected chi connectivity index (χ2v) is 15.8. The zero-order valence-electron chi connectivity index (χ0n) is 30.7. The molecule has 0 amide bonds. The van der Waals surface area contributed by atoms with Gasteiger partial charge in [-0.2, -0.15) is 0 Å². The third-order valence-corrected chi connectivity index (χ3v) is 12.5. The summed E-state index contributed by atoms with van der Waals surface area (Å²) < 4.78 is 10.3. The maximum Gasteiger partial charge on any atom is 0.164 e. The molecule has 0 spiro atoms. The molecular formula is C51H32N4OS. The quantitative estimate of drug-likeness (QED) is 0.176. The van der Waals surface area contributed by atoms with Gasteiger partial charge in [-0.3, -0.25) is 0 Å². The van der Waals surface area contributed by atoms with Crippen molar-refractivity contribution in [3.05, 3.63) is 174 Å². The van der Waals surface area contributed by atoms with Crippen LogP contribution in [0.3, 0.4) is 0 Å². The van der Waals surface area contributed by atoms with Gasteiger partial charge < -0.3 is 8.98 Å². The second kappa shape index (κ2) is 12.7. The molecule has 0 saturated heterocycles. The molecule has 11 aromatic rings. The van der Waals surface area contributed by atoms with E-state index < -0.39 is 0 Å². The van der Waals surface area contributed by atoms with Crippen LogP contribution in [0.15, 0.2) is 168 Å². The molecule has 0 unspecified atom stereocenters. The largest absolute Gasteiger partial charge is 0.456 e. The number of furan rings is 1. The van der Waals surface area contributed by atoms with E-state index in [-0.39, 0.29) is 0 Å². The number of thiophene rings is 1. The molecule has 0 N–H and O–H groups in total. The van der Waals surface area contributed by atoms with E-state index >= 15 is 0 Å². The third-order valence-electron chi connectivity index (χ3n) is 11.3. The molecule has 0 bridgehead atoms. The molecule has 0 fully saturated rings. The Kier molecular flexibility index (Phi) is 7.16. The van der Waals surface area contributed by atoms with Crippen molar-refractivity contribution in [1.82, 2.24) is 19.5 Å². The Bertz CT molecular complexity index is 3410. The van der Waals surface area contributed by atoms with E-state index in [2.05, 4.69) is 156 Å². The number of allylic oxidation sites excluding steroid dienone is 1. The van der Waals surface area contributed by atoms with Gasteiger partial charge in [-0.1, -0.05) is 121 Å². The average Bonchev–Trinajstić information content (AvgIpc) is 3.96. The van der Waals surface area contributed by atoms with Gasteiger partial charge in [-0.05, 0) is 83.4 Å². The molecule has 0 radical (unpaired) electrons. The molecule has 0 aliphatic heterocycles. The maximum atomic E-state index is 6.70. The van der Waals surface area contributed by atoms with Crippen molar-refractivity contribution in [3.63, 3.8) is 0 Å². The summed E-state index contributed by atoms with van der Waals surface area (Å²) in [6, 6.07) is 55.3. The first kappa shape index (κ1) is 32.1. The first-order valence-electron chi connectivity index (χ1n) is 19.3. The van der Waals surface area contributed by atoms with Gasteiger partial charge in [0.05, 0.1) is 16.4 Å². The molecule has 268 valence electrons. The number of aryl methyl sites for hydroxylation is 1.